The van der Waals surface area contributed by atoms with Crippen LogP contribution in [0.4, 0.5) is 50.0 Å². The largest absolute Gasteiger partial charge is 0.449 e. The van der Waals surface area contributed by atoms with Gasteiger partial charge in [-0.25, -0.2) is 4.79 Å². The van der Waals surface area contributed by atoms with E-state index >= 15 is 0 Å². The molecule has 0 aliphatic carbocycles. The van der Waals surface area contributed by atoms with Gasteiger partial charge in [0.25, 0.3) is 0 Å². The number of carbonyl (C=O) groups excluding carboxylic acids is 1. The van der Waals surface area contributed by atoms with Crippen molar-refractivity contribution in [1.82, 2.24) is 0 Å². The molecular weight excluding hydrogens is 531 g/mol. The minimum Gasteiger partial charge on any atom is -0.449 e. The highest BCUT2D eigenvalue weighted by Gasteiger charge is 2.43. The molecule has 1 aliphatic heterocycles. The van der Waals surface area contributed by atoms with Gasteiger partial charge in [-0.05, 0) is 79.8 Å². The second-order valence-electron chi connectivity index (χ2n) is 8.93. The van der Waals surface area contributed by atoms with Crippen molar-refractivity contribution in [2.75, 3.05) is 18.1 Å². The third kappa shape index (κ3) is 6.02. The van der Waals surface area contributed by atoms with Crippen LogP contribution in [0.1, 0.15) is 66.3 Å². The van der Waals surface area contributed by atoms with Gasteiger partial charge in [0.2, 0.25) is 0 Å². The Balaban J connectivity index is 2.27. The molecule has 0 aromatic heterocycles. The number of amides is 1. The van der Waals surface area contributed by atoms with E-state index in [1.807, 2.05) is 0 Å². The van der Waals surface area contributed by atoms with Gasteiger partial charge in [-0.3, -0.25) is 4.90 Å². The summed E-state index contributed by atoms with van der Waals surface area (Å²) >= 11 is 0. The normalized spacial score (nSPS) is 19.2. The van der Waals surface area contributed by atoms with Crippen molar-refractivity contribution in [2.45, 2.75) is 63.1 Å². The third-order valence-corrected chi connectivity index (χ3v) is 6.62. The van der Waals surface area contributed by atoms with Crippen LogP contribution in [-0.4, -0.2) is 25.3 Å². The molecule has 0 fully saturated rings. The van der Waals surface area contributed by atoms with E-state index in [-0.39, 0.29) is 36.8 Å². The van der Waals surface area contributed by atoms with Gasteiger partial charge in [0.05, 0.1) is 29.0 Å². The quantitative estimate of drug-likeness (QED) is 0.384. The number of halogens is 9. The lowest BCUT2D eigenvalue weighted by Crippen LogP contribution is -2.46. The van der Waals surface area contributed by atoms with Crippen LogP contribution < -0.4 is 10.6 Å². The Hall–Kier alpha value is -2.96. The van der Waals surface area contributed by atoms with Gasteiger partial charge < -0.3 is 10.5 Å². The Labute approximate surface area is 212 Å². The maximum absolute atomic E-state index is 13.6. The molecule has 2 N–H and O–H groups in total. The molecule has 2 aromatic rings. The summed E-state index contributed by atoms with van der Waals surface area (Å²) in [5.41, 5.74) is 1.22. The van der Waals surface area contributed by atoms with Crippen molar-refractivity contribution in [3.63, 3.8) is 0 Å². The van der Waals surface area contributed by atoms with Gasteiger partial charge in [-0.1, -0.05) is 6.92 Å². The molecule has 0 saturated carbocycles. The van der Waals surface area contributed by atoms with Crippen molar-refractivity contribution >= 4 is 11.8 Å². The molecule has 38 heavy (non-hydrogen) atoms. The van der Waals surface area contributed by atoms with Crippen molar-refractivity contribution in [3.8, 4) is 0 Å². The monoisotopic (exact) mass is 556 g/mol. The summed E-state index contributed by atoms with van der Waals surface area (Å²) in [5, 5.41) is 0. The summed E-state index contributed by atoms with van der Waals surface area (Å²) in [4.78, 5) is 13.9. The summed E-state index contributed by atoms with van der Waals surface area (Å²) in [7, 11) is 0. The lowest BCUT2D eigenvalue weighted by atomic mass is 9.73. The van der Waals surface area contributed by atoms with Gasteiger partial charge in [-0.2, -0.15) is 39.5 Å². The fraction of sp³-hybridized carbons (Fsp3) is 0.480. The van der Waals surface area contributed by atoms with Crippen molar-refractivity contribution < 1.29 is 49.0 Å². The summed E-state index contributed by atoms with van der Waals surface area (Å²) < 4.78 is 127. The van der Waals surface area contributed by atoms with Crippen LogP contribution in [0.15, 0.2) is 36.4 Å². The highest BCUT2D eigenvalue weighted by Crippen LogP contribution is 2.49. The number of ether oxygens (including phenoxy) is 1. The highest BCUT2D eigenvalue weighted by atomic mass is 19.4. The predicted octanol–water partition coefficient (Wildman–Crippen LogP) is 7.71. The number of fused-ring (bicyclic) bond motifs is 1. The minimum atomic E-state index is -5.12. The molecule has 0 spiro atoms. The molecule has 0 radical (unpaired) electrons. The van der Waals surface area contributed by atoms with E-state index in [0.29, 0.717) is 12.1 Å². The molecule has 0 bridgehead atoms. The Morgan fingerprint density at radius 3 is 1.92 bits per heavy atom. The molecule has 3 atom stereocenters. The zero-order valence-electron chi connectivity index (χ0n) is 20.3. The second-order valence-corrected chi connectivity index (χ2v) is 8.93. The third-order valence-electron chi connectivity index (χ3n) is 6.62. The molecular formula is C25H25F9N2O2. The predicted molar refractivity (Wildman–Crippen MR) is 121 cm³/mol. The van der Waals surface area contributed by atoms with Crippen LogP contribution >= 0.6 is 0 Å². The number of hydrogen-bond acceptors (Lipinski definition) is 3. The van der Waals surface area contributed by atoms with Crippen LogP contribution in [-0.2, 0) is 23.3 Å². The summed E-state index contributed by atoms with van der Waals surface area (Å²) in [6.45, 7) is 2.73. The van der Waals surface area contributed by atoms with E-state index in [1.54, 1.807) is 6.92 Å². The average molecular weight is 556 g/mol. The molecule has 1 aliphatic rings. The molecule has 1 amide bonds. The number of carbonyl (C=O) groups is 1. The first-order chi connectivity index (χ1) is 17.5. The molecule has 4 nitrogen and oxygen atoms in total. The number of rotatable bonds is 5. The maximum Gasteiger partial charge on any atom is 0.416 e. The topological polar surface area (TPSA) is 55.6 Å². The molecule has 0 unspecified atom stereocenters. The first-order valence-corrected chi connectivity index (χ1v) is 11.7. The Morgan fingerprint density at radius 2 is 1.47 bits per heavy atom. The van der Waals surface area contributed by atoms with E-state index < -0.39 is 71.3 Å². The number of nitrogens with two attached hydrogens (primary N) is 1. The van der Waals surface area contributed by atoms with E-state index in [0.717, 1.165) is 18.2 Å². The lowest BCUT2D eigenvalue weighted by molar-refractivity contribution is -0.143. The van der Waals surface area contributed by atoms with Gasteiger partial charge in [0.15, 0.2) is 0 Å². The molecule has 1 heterocycles. The molecule has 2 aromatic carbocycles. The van der Waals surface area contributed by atoms with Crippen molar-refractivity contribution in [2.24, 2.45) is 5.73 Å². The Kier molecular flexibility index (Phi) is 8.30. The summed E-state index contributed by atoms with van der Waals surface area (Å²) in [6, 6.07) is 2.97. The zero-order chi connectivity index (χ0) is 28.6. The van der Waals surface area contributed by atoms with E-state index in [1.165, 1.54) is 11.8 Å². The molecule has 13 heteroatoms. The Morgan fingerprint density at radius 1 is 0.921 bits per heavy atom. The van der Waals surface area contributed by atoms with Crippen LogP contribution in [0.2, 0.25) is 0 Å². The number of benzene rings is 2. The standard InChI is InChI=1S/C25H25F9N2O2/c1-3-17-11-18(19-10-14(23(26,27)28)5-6-21(19)36(17)22(37)38-4-2)20(12-35)13-7-15(24(29,30)31)9-16(8-13)25(32,33)34/h5-10,17-18,20H,3-4,11-12,35H2,1-2H3/t17-,18+,20-/m1/s1. The Bertz CT molecular complexity index is 1130. The van der Waals surface area contributed by atoms with E-state index in [9.17, 15) is 44.3 Å². The first kappa shape index (κ1) is 29.6. The van der Waals surface area contributed by atoms with Crippen molar-refractivity contribution in [3.05, 3.63) is 64.2 Å². The van der Waals surface area contributed by atoms with Crippen LogP contribution in [0.3, 0.4) is 0 Å². The zero-order valence-corrected chi connectivity index (χ0v) is 20.3. The van der Waals surface area contributed by atoms with Crippen LogP contribution in [0.5, 0.6) is 0 Å². The van der Waals surface area contributed by atoms with Gasteiger partial charge >= 0.3 is 24.6 Å². The van der Waals surface area contributed by atoms with E-state index in [4.69, 9.17) is 10.5 Å². The summed E-state index contributed by atoms with van der Waals surface area (Å²) in [6.07, 6.45) is -15.6. The van der Waals surface area contributed by atoms with Gasteiger partial charge in [0, 0.05) is 12.0 Å². The number of nitrogens with zero attached hydrogens (tertiary/aromatic N) is 1. The maximum atomic E-state index is 13.6. The smallest absolute Gasteiger partial charge is 0.416 e. The number of alkyl halides is 9. The van der Waals surface area contributed by atoms with Gasteiger partial charge in [0.1, 0.15) is 0 Å². The second kappa shape index (κ2) is 10.7. The van der Waals surface area contributed by atoms with E-state index in [2.05, 4.69) is 0 Å². The summed E-state index contributed by atoms with van der Waals surface area (Å²) in [5.74, 6) is -2.25. The molecule has 3 rings (SSSR count). The minimum absolute atomic E-state index is 0.0228. The van der Waals surface area contributed by atoms with Crippen LogP contribution in [0, 0.1) is 0 Å². The number of anilines is 1. The SMILES string of the molecule is CCOC(=O)N1c2ccc(C(F)(F)F)cc2[C@@H]([C@H](CN)c2cc(C(F)(F)F)cc(C(F)(F)F)c2)C[C@H]1CC. The fourth-order valence-corrected chi connectivity index (χ4v) is 4.87. The highest BCUT2D eigenvalue weighted by molar-refractivity contribution is 5.90. The fourth-order valence-electron chi connectivity index (χ4n) is 4.87. The molecule has 210 valence electrons. The van der Waals surface area contributed by atoms with Crippen LogP contribution in [0.25, 0.3) is 0 Å². The average Bonchev–Trinajstić information content (AvgIpc) is 2.82. The van der Waals surface area contributed by atoms with Gasteiger partial charge in [-0.15, -0.1) is 0 Å². The lowest BCUT2D eigenvalue weighted by Gasteiger charge is -2.43. The van der Waals surface area contributed by atoms with Crippen molar-refractivity contribution in [1.29, 1.82) is 0 Å². The first-order valence-electron chi connectivity index (χ1n) is 11.7. The molecule has 0 saturated heterocycles. The number of hydrogen-bond donors (Lipinski definition) is 1.